The van der Waals surface area contributed by atoms with Gasteiger partial charge in [-0.25, -0.2) is 4.98 Å². The molecule has 10 rings (SSSR count). The van der Waals surface area contributed by atoms with Gasteiger partial charge in [-0.1, -0.05) is 89.2 Å². The minimum atomic E-state index is 0. The number of aromatic amines is 1. The van der Waals surface area contributed by atoms with E-state index in [1.165, 1.54) is 32.0 Å². The normalized spacial score (nSPS) is 12.0. The number of nitrogens with one attached hydrogen (secondary N) is 1. The minimum absolute atomic E-state index is 0. The second-order valence-corrected chi connectivity index (χ2v) is 23.0. The number of hydrogen-bond acceptors (Lipinski definition) is 9. The Kier molecular flexibility index (Phi) is 14.7. The van der Waals surface area contributed by atoms with E-state index in [4.69, 9.17) is 4.98 Å². The van der Waals surface area contributed by atoms with Crippen LogP contribution in [-0.2, 0) is 41.1 Å². The molecule has 348 valence electrons. The average molecular weight is 1020 g/mol. The number of H-pyrrole nitrogens is 1. The third kappa shape index (κ3) is 11.3. The summed E-state index contributed by atoms with van der Waals surface area (Å²) in [5, 5.41) is 4.18. The van der Waals surface area contributed by atoms with Crippen LogP contribution in [0.3, 0.4) is 0 Å². The second kappa shape index (κ2) is 20.0. The van der Waals surface area contributed by atoms with Gasteiger partial charge >= 0.3 is 0 Å². The zero-order valence-corrected chi connectivity index (χ0v) is 44.5. The van der Waals surface area contributed by atoms with Gasteiger partial charge in [-0.3, -0.25) is 29.9 Å². The van der Waals surface area contributed by atoms with Crippen molar-refractivity contribution in [2.45, 2.75) is 105 Å². The van der Waals surface area contributed by atoms with Crippen molar-refractivity contribution in [1.29, 1.82) is 0 Å². The molecule has 0 atom stereocenters. The van der Waals surface area contributed by atoms with E-state index in [2.05, 4.69) is 208 Å². The number of pyridine rings is 6. The topological polar surface area (TPSA) is 106 Å². The van der Waals surface area contributed by atoms with E-state index in [0.717, 1.165) is 66.3 Å². The molecule has 1 aromatic carbocycles. The molecular weight excluding hydrogens is 962 g/mol. The van der Waals surface area contributed by atoms with Crippen LogP contribution in [0.5, 0.6) is 0 Å². The van der Waals surface area contributed by atoms with Gasteiger partial charge in [0.1, 0.15) is 5.82 Å². The largest absolute Gasteiger partial charge is 0.337 e. The molecule has 0 amide bonds. The molecule has 0 radical (unpaired) electrons. The van der Waals surface area contributed by atoms with Crippen molar-refractivity contribution in [1.82, 2.24) is 39.9 Å². The van der Waals surface area contributed by atoms with Crippen LogP contribution >= 0.6 is 22.7 Å². The number of thiophene rings is 2. The third-order valence-electron chi connectivity index (χ3n) is 11.7. The molecule has 0 unspecified atom stereocenters. The van der Waals surface area contributed by atoms with Crippen LogP contribution in [0.1, 0.15) is 105 Å². The first-order valence-electron chi connectivity index (χ1n) is 22.8. The van der Waals surface area contributed by atoms with Gasteiger partial charge in [-0.2, -0.15) is 0 Å². The van der Waals surface area contributed by atoms with E-state index >= 15 is 0 Å². The van der Waals surface area contributed by atoms with Crippen molar-refractivity contribution in [2.75, 3.05) is 0 Å². The molecule has 0 saturated carbocycles. The van der Waals surface area contributed by atoms with Crippen LogP contribution in [0.4, 0.5) is 0 Å². The van der Waals surface area contributed by atoms with Crippen molar-refractivity contribution < 1.29 is 19.5 Å². The number of benzene rings is 1. The predicted octanol–water partition coefficient (Wildman–Crippen LogP) is 15.6. The van der Waals surface area contributed by atoms with E-state index in [0.29, 0.717) is 0 Å². The fourth-order valence-electron chi connectivity index (χ4n) is 7.63. The quantitative estimate of drug-likeness (QED) is 0.138. The summed E-state index contributed by atoms with van der Waals surface area (Å²) in [4.78, 5) is 39.2. The molecule has 9 heterocycles. The number of nitrogens with zero attached hydrogens (tertiary/aromatic N) is 7. The van der Waals surface area contributed by atoms with Gasteiger partial charge in [0.25, 0.3) is 0 Å². The maximum Gasteiger partial charge on any atom is 0.148 e. The number of aromatic nitrogens is 8. The standard InChI is InChI=1S/C21H12N4S2.2C18H24N2.Ru/c1-4-12-17(22-9-1)18-13(5-2-10-23-18)20-19(12)24-21(25-20)16-8-7-15(27-16)14-6-3-11-26-14;2*1-17(2,3)13-7-9-19-15(11-13)16-12-14(8-10-20-16)18(4,5)6;/h1-11H,(H,24,25);2*7-12H,1-6H3;. The van der Waals surface area contributed by atoms with Crippen LogP contribution in [0.2, 0.25) is 0 Å². The van der Waals surface area contributed by atoms with Crippen LogP contribution in [-0.4, -0.2) is 39.9 Å². The molecule has 68 heavy (non-hydrogen) atoms. The number of rotatable bonds is 4. The Labute approximate surface area is 422 Å². The first kappa shape index (κ1) is 50.0. The minimum Gasteiger partial charge on any atom is -0.337 e. The Hall–Kier alpha value is -5.87. The second-order valence-electron chi connectivity index (χ2n) is 21.0. The number of hydrogen-bond donors (Lipinski definition) is 1. The van der Waals surface area contributed by atoms with E-state index in [1.54, 1.807) is 22.7 Å². The fraction of sp³-hybridized carbons (Fsp3) is 0.281. The Balaban J connectivity index is 0.000000153. The summed E-state index contributed by atoms with van der Waals surface area (Å²) in [6.07, 6.45) is 11.1. The summed E-state index contributed by atoms with van der Waals surface area (Å²) in [5.41, 5.74) is 13.2. The fourth-order valence-corrected chi connectivity index (χ4v) is 9.41. The molecule has 0 aliphatic heterocycles. The molecular formula is C57H60N8RuS2. The van der Waals surface area contributed by atoms with Gasteiger partial charge < -0.3 is 4.98 Å². The van der Waals surface area contributed by atoms with Crippen LogP contribution in [0.15, 0.2) is 140 Å². The maximum atomic E-state index is 4.95. The van der Waals surface area contributed by atoms with E-state index < -0.39 is 0 Å². The molecule has 10 aromatic rings. The molecule has 0 spiro atoms. The molecule has 8 nitrogen and oxygen atoms in total. The van der Waals surface area contributed by atoms with Gasteiger partial charge in [0.05, 0.1) is 49.7 Å². The van der Waals surface area contributed by atoms with Crippen LogP contribution in [0.25, 0.3) is 76.1 Å². The van der Waals surface area contributed by atoms with E-state index in [-0.39, 0.29) is 41.1 Å². The summed E-state index contributed by atoms with van der Waals surface area (Å²) in [7, 11) is 0. The van der Waals surface area contributed by atoms with E-state index in [9.17, 15) is 0 Å². The molecule has 0 fully saturated rings. The van der Waals surface area contributed by atoms with Gasteiger partial charge in [-0.15, -0.1) is 22.7 Å². The zero-order chi connectivity index (χ0) is 47.7. The predicted molar refractivity (Wildman–Crippen MR) is 283 cm³/mol. The zero-order valence-electron chi connectivity index (χ0n) is 41.1. The molecule has 1 N–H and O–H groups in total. The Morgan fingerprint density at radius 1 is 0.397 bits per heavy atom. The van der Waals surface area contributed by atoms with Crippen molar-refractivity contribution >= 4 is 55.5 Å². The summed E-state index contributed by atoms with van der Waals surface area (Å²) in [5.74, 6) is 0.888. The summed E-state index contributed by atoms with van der Waals surface area (Å²) >= 11 is 3.51. The number of imidazole rings is 1. The summed E-state index contributed by atoms with van der Waals surface area (Å²) in [6, 6.07) is 33.5. The van der Waals surface area contributed by atoms with Crippen LogP contribution in [0, 0.1) is 0 Å². The summed E-state index contributed by atoms with van der Waals surface area (Å²) in [6.45, 7) is 26.6. The van der Waals surface area contributed by atoms with Gasteiger partial charge in [0.15, 0.2) is 0 Å². The van der Waals surface area contributed by atoms with Gasteiger partial charge in [-0.05, 0) is 140 Å². The Morgan fingerprint density at radius 2 is 0.809 bits per heavy atom. The Bertz CT molecular complexity index is 3010. The first-order chi connectivity index (χ1) is 31.7. The monoisotopic (exact) mass is 1020 g/mol. The Morgan fingerprint density at radius 3 is 1.22 bits per heavy atom. The van der Waals surface area contributed by atoms with Gasteiger partial charge in [0, 0.05) is 77.2 Å². The van der Waals surface area contributed by atoms with Crippen molar-refractivity contribution in [3.8, 4) is 43.2 Å². The molecule has 0 bridgehead atoms. The van der Waals surface area contributed by atoms with E-state index in [1.807, 2.05) is 49.3 Å². The first-order valence-corrected chi connectivity index (χ1v) is 24.5. The maximum absolute atomic E-state index is 4.95. The molecule has 0 aliphatic carbocycles. The van der Waals surface area contributed by atoms with Crippen molar-refractivity contribution in [3.63, 3.8) is 0 Å². The molecule has 9 aromatic heterocycles. The van der Waals surface area contributed by atoms with Crippen molar-refractivity contribution in [2.24, 2.45) is 0 Å². The number of fused-ring (bicyclic) bond motifs is 6. The summed E-state index contributed by atoms with van der Waals surface area (Å²) < 4.78 is 0. The average Bonchev–Trinajstić information content (AvgIpc) is 4.12. The van der Waals surface area contributed by atoms with Crippen molar-refractivity contribution in [3.05, 3.63) is 162 Å². The van der Waals surface area contributed by atoms with Gasteiger partial charge in [0.2, 0.25) is 0 Å². The SMILES string of the molecule is CC(C)(C)c1ccnc(-c2cc(C(C)(C)C)ccn2)c1.CC(C)(C)c1ccnc(-c2cc(C(C)(C)C)ccn2)c1.[Ru].c1csc(-c2ccc(-c3nc4c5cccnc5c5ncccc5c4[nH]3)s2)c1. The van der Waals surface area contributed by atoms with Crippen LogP contribution < -0.4 is 0 Å². The molecule has 0 aliphatic rings. The molecule has 0 saturated heterocycles. The molecule has 11 heteroatoms. The smallest absolute Gasteiger partial charge is 0.148 e. The third-order valence-corrected chi connectivity index (χ3v) is 13.9.